The number of nitrogens with one attached hydrogen (secondary N) is 1. The van der Waals surface area contributed by atoms with Gasteiger partial charge in [0, 0.05) is 10.4 Å². The predicted octanol–water partition coefficient (Wildman–Crippen LogP) is 2.95. The van der Waals surface area contributed by atoms with E-state index >= 15 is 0 Å². The molecule has 1 N–H and O–H groups in total. The minimum atomic E-state index is -3.18. The van der Waals surface area contributed by atoms with Gasteiger partial charge >= 0.3 is 0 Å². The molecule has 0 unspecified atom stereocenters. The monoisotopic (exact) mass is 310 g/mol. The Morgan fingerprint density at radius 2 is 1.95 bits per heavy atom. The molecule has 0 saturated carbocycles. The summed E-state index contributed by atoms with van der Waals surface area (Å²) in [6, 6.07) is 9.92. The van der Waals surface area contributed by atoms with Gasteiger partial charge in [-0.05, 0) is 13.3 Å². The number of hydrogen-bond donors (Lipinski definition) is 1. The fourth-order valence-electron chi connectivity index (χ4n) is 1.90. The molecule has 108 valence electrons. The zero-order valence-electron chi connectivity index (χ0n) is 11.6. The second-order valence-electron chi connectivity index (χ2n) is 4.52. The summed E-state index contributed by atoms with van der Waals surface area (Å²) >= 11 is 1.53. The SMILES string of the molecule is CCCS(=O)(=O)NCc1nc(-c2ccccc2)c(C)s1. The first-order valence-corrected chi connectivity index (χ1v) is 8.98. The Morgan fingerprint density at radius 1 is 1.25 bits per heavy atom. The second-order valence-corrected chi connectivity index (χ2v) is 7.73. The number of aromatic nitrogens is 1. The number of sulfonamides is 1. The van der Waals surface area contributed by atoms with E-state index in [1.54, 1.807) is 0 Å². The first kappa shape index (κ1) is 15.2. The molecule has 2 aromatic rings. The molecule has 0 radical (unpaired) electrons. The van der Waals surface area contributed by atoms with Crippen molar-refractivity contribution in [2.75, 3.05) is 5.75 Å². The van der Waals surface area contributed by atoms with Gasteiger partial charge in [0.05, 0.1) is 18.0 Å². The van der Waals surface area contributed by atoms with E-state index in [9.17, 15) is 8.42 Å². The van der Waals surface area contributed by atoms with Crippen LogP contribution in [-0.4, -0.2) is 19.2 Å². The van der Waals surface area contributed by atoms with Crippen molar-refractivity contribution in [1.29, 1.82) is 0 Å². The average molecular weight is 310 g/mol. The van der Waals surface area contributed by atoms with Crippen LogP contribution in [0.2, 0.25) is 0 Å². The van der Waals surface area contributed by atoms with Crippen molar-refractivity contribution in [3.8, 4) is 11.3 Å². The molecule has 1 aromatic carbocycles. The number of thiazole rings is 1. The zero-order valence-corrected chi connectivity index (χ0v) is 13.2. The molecular weight excluding hydrogens is 292 g/mol. The number of rotatable bonds is 6. The van der Waals surface area contributed by atoms with Crippen molar-refractivity contribution in [2.24, 2.45) is 0 Å². The van der Waals surface area contributed by atoms with Gasteiger partial charge in [-0.3, -0.25) is 0 Å². The number of aryl methyl sites for hydroxylation is 1. The lowest BCUT2D eigenvalue weighted by atomic mass is 10.1. The Morgan fingerprint density at radius 3 is 2.60 bits per heavy atom. The molecular formula is C14H18N2O2S2. The molecule has 4 nitrogen and oxygen atoms in total. The minimum absolute atomic E-state index is 0.156. The highest BCUT2D eigenvalue weighted by Crippen LogP contribution is 2.27. The molecule has 0 spiro atoms. The highest BCUT2D eigenvalue weighted by atomic mass is 32.2. The van der Waals surface area contributed by atoms with Gasteiger partial charge in [0.25, 0.3) is 0 Å². The van der Waals surface area contributed by atoms with Crippen LogP contribution in [0, 0.1) is 6.92 Å². The summed E-state index contributed by atoms with van der Waals surface area (Å²) in [5.41, 5.74) is 1.99. The van der Waals surface area contributed by atoms with Crippen molar-refractivity contribution in [3.05, 3.63) is 40.2 Å². The maximum Gasteiger partial charge on any atom is 0.211 e. The van der Waals surface area contributed by atoms with Crippen molar-refractivity contribution >= 4 is 21.4 Å². The lowest BCUT2D eigenvalue weighted by Crippen LogP contribution is -2.25. The van der Waals surface area contributed by atoms with Crippen LogP contribution < -0.4 is 4.72 Å². The molecule has 2 rings (SSSR count). The normalized spacial score (nSPS) is 11.7. The summed E-state index contributed by atoms with van der Waals surface area (Å²) in [5.74, 6) is 0.156. The van der Waals surface area contributed by atoms with Crippen LogP contribution in [0.25, 0.3) is 11.3 Å². The summed E-state index contributed by atoms with van der Waals surface area (Å²) in [7, 11) is -3.18. The van der Waals surface area contributed by atoms with Crippen LogP contribution in [0.15, 0.2) is 30.3 Å². The maximum atomic E-state index is 11.6. The van der Waals surface area contributed by atoms with Gasteiger partial charge in [-0.1, -0.05) is 37.3 Å². The largest absolute Gasteiger partial charge is 0.240 e. The third kappa shape index (κ3) is 3.88. The Balaban J connectivity index is 2.13. The van der Waals surface area contributed by atoms with Gasteiger partial charge in [0.1, 0.15) is 5.01 Å². The standard InChI is InChI=1S/C14H18N2O2S2/c1-3-9-20(17,18)15-10-13-16-14(11(2)19-13)12-7-5-4-6-8-12/h4-8,15H,3,9-10H2,1-2H3. The number of benzene rings is 1. The summed E-state index contributed by atoms with van der Waals surface area (Å²) in [6.45, 7) is 4.12. The minimum Gasteiger partial charge on any atom is -0.240 e. The second kappa shape index (κ2) is 6.47. The third-order valence-electron chi connectivity index (χ3n) is 2.80. The average Bonchev–Trinajstić information content (AvgIpc) is 2.79. The molecule has 1 heterocycles. The molecule has 0 amide bonds. The van der Waals surface area contributed by atoms with Gasteiger partial charge in [-0.25, -0.2) is 18.1 Å². The molecule has 0 aliphatic heterocycles. The number of nitrogens with zero attached hydrogens (tertiary/aromatic N) is 1. The molecule has 0 aliphatic rings. The van der Waals surface area contributed by atoms with Crippen LogP contribution in [-0.2, 0) is 16.6 Å². The molecule has 0 saturated heterocycles. The Kier molecular flexibility index (Phi) is 4.91. The van der Waals surface area contributed by atoms with Gasteiger partial charge in [0.2, 0.25) is 10.0 Å². The van der Waals surface area contributed by atoms with Crippen LogP contribution in [0.4, 0.5) is 0 Å². The van der Waals surface area contributed by atoms with Crippen LogP contribution in [0.5, 0.6) is 0 Å². The Labute approximate surface area is 123 Å². The van der Waals surface area contributed by atoms with Gasteiger partial charge in [0.15, 0.2) is 0 Å². The van der Waals surface area contributed by atoms with E-state index in [4.69, 9.17) is 0 Å². The third-order valence-corrected chi connectivity index (χ3v) is 5.30. The highest BCUT2D eigenvalue weighted by Gasteiger charge is 2.12. The fraction of sp³-hybridized carbons (Fsp3) is 0.357. The lowest BCUT2D eigenvalue weighted by molar-refractivity contribution is 0.580. The van der Waals surface area contributed by atoms with Crippen molar-refractivity contribution in [1.82, 2.24) is 9.71 Å². The Bertz CT molecular complexity index is 664. The summed E-state index contributed by atoms with van der Waals surface area (Å²) < 4.78 is 25.9. The summed E-state index contributed by atoms with van der Waals surface area (Å²) in [6.07, 6.45) is 0.613. The van der Waals surface area contributed by atoms with E-state index in [2.05, 4.69) is 9.71 Å². The molecule has 0 aliphatic carbocycles. The fourth-order valence-corrected chi connectivity index (χ4v) is 3.93. The summed E-state index contributed by atoms with van der Waals surface area (Å²) in [5, 5.41) is 0.793. The molecule has 0 fully saturated rings. The van der Waals surface area contributed by atoms with Crippen molar-refractivity contribution in [3.63, 3.8) is 0 Å². The molecule has 0 atom stereocenters. The van der Waals surface area contributed by atoms with Gasteiger partial charge in [-0.2, -0.15) is 0 Å². The van der Waals surface area contributed by atoms with E-state index in [-0.39, 0.29) is 12.3 Å². The lowest BCUT2D eigenvalue weighted by Gasteiger charge is -2.02. The van der Waals surface area contributed by atoms with Crippen LogP contribution in [0.1, 0.15) is 23.2 Å². The molecule has 6 heteroatoms. The Hall–Kier alpha value is -1.24. The quantitative estimate of drug-likeness (QED) is 0.892. The summed E-state index contributed by atoms with van der Waals surface area (Å²) in [4.78, 5) is 5.63. The van der Waals surface area contributed by atoms with Crippen LogP contribution >= 0.6 is 11.3 Å². The van der Waals surface area contributed by atoms with Gasteiger partial charge < -0.3 is 0 Å². The van der Waals surface area contributed by atoms with E-state index in [1.165, 1.54) is 11.3 Å². The van der Waals surface area contributed by atoms with E-state index < -0.39 is 10.0 Å². The predicted molar refractivity (Wildman–Crippen MR) is 83.2 cm³/mol. The molecule has 0 bridgehead atoms. The first-order valence-electron chi connectivity index (χ1n) is 6.51. The first-order chi connectivity index (χ1) is 9.52. The topological polar surface area (TPSA) is 59.1 Å². The maximum absolute atomic E-state index is 11.6. The van der Waals surface area contributed by atoms with E-state index in [0.29, 0.717) is 6.42 Å². The van der Waals surface area contributed by atoms with Crippen molar-refractivity contribution < 1.29 is 8.42 Å². The zero-order chi connectivity index (χ0) is 14.6. The number of hydrogen-bond acceptors (Lipinski definition) is 4. The van der Waals surface area contributed by atoms with Crippen molar-refractivity contribution in [2.45, 2.75) is 26.8 Å². The molecule has 20 heavy (non-hydrogen) atoms. The smallest absolute Gasteiger partial charge is 0.211 e. The molecule has 1 aromatic heterocycles. The highest BCUT2D eigenvalue weighted by molar-refractivity contribution is 7.89. The van der Waals surface area contributed by atoms with Gasteiger partial charge in [-0.15, -0.1) is 11.3 Å². The van der Waals surface area contributed by atoms with E-state index in [0.717, 1.165) is 21.1 Å². The van der Waals surface area contributed by atoms with Crippen LogP contribution in [0.3, 0.4) is 0 Å². The van der Waals surface area contributed by atoms with E-state index in [1.807, 2.05) is 44.2 Å².